The lowest BCUT2D eigenvalue weighted by Gasteiger charge is -2.11. The van der Waals surface area contributed by atoms with Gasteiger partial charge in [-0.15, -0.1) is 0 Å². The minimum atomic E-state index is -0.189. The Hall–Kier alpha value is -1.68. The molecule has 1 N–H and O–H groups in total. The molecule has 0 fully saturated rings. The minimum absolute atomic E-state index is 0.189. The van der Waals surface area contributed by atoms with E-state index in [1.807, 2.05) is 19.2 Å². The maximum Gasteiger partial charge on any atom is 0.123 e. The lowest BCUT2D eigenvalue weighted by molar-refractivity contribution is 0.606. The van der Waals surface area contributed by atoms with Crippen molar-refractivity contribution in [3.8, 4) is 0 Å². The molecule has 2 rings (SSSR count). The molecule has 0 radical (unpaired) electrons. The molecular formula is C15H20FN3. The number of halogens is 1. The molecule has 0 atom stereocenters. The van der Waals surface area contributed by atoms with Crippen LogP contribution in [-0.2, 0) is 13.1 Å². The highest BCUT2D eigenvalue weighted by atomic mass is 19.1. The summed E-state index contributed by atoms with van der Waals surface area (Å²) < 4.78 is 15.3. The van der Waals surface area contributed by atoms with Crippen molar-refractivity contribution in [2.24, 2.45) is 0 Å². The van der Waals surface area contributed by atoms with Gasteiger partial charge in [0.1, 0.15) is 11.6 Å². The molecule has 4 heteroatoms. The minimum Gasteiger partial charge on any atom is -0.329 e. The Kier molecular flexibility index (Phi) is 4.68. The molecule has 0 aliphatic heterocycles. The Morgan fingerprint density at radius 3 is 3.00 bits per heavy atom. The summed E-state index contributed by atoms with van der Waals surface area (Å²) in [5.74, 6) is 0.795. The number of imidazole rings is 1. The molecule has 0 saturated carbocycles. The van der Waals surface area contributed by atoms with E-state index in [0.29, 0.717) is 6.54 Å². The van der Waals surface area contributed by atoms with Gasteiger partial charge < -0.3 is 9.88 Å². The zero-order valence-electron chi connectivity index (χ0n) is 11.5. The number of rotatable bonds is 6. The fourth-order valence-electron chi connectivity index (χ4n) is 2.02. The Bertz CT molecular complexity index is 534. The maximum absolute atomic E-state index is 13.3. The van der Waals surface area contributed by atoms with E-state index in [9.17, 15) is 4.39 Å². The van der Waals surface area contributed by atoms with Crippen LogP contribution in [0.15, 0.2) is 30.6 Å². The summed E-state index contributed by atoms with van der Waals surface area (Å²) in [5.41, 5.74) is 2.09. The second-order valence-corrected chi connectivity index (χ2v) is 4.72. The highest BCUT2D eigenvalue weighted by Gasteiger charge is 2.06. The van der Waals surface area contributed by atoms with Crippen molar-refractivity contribution in [2.75, 3.05) is 6.54 Å². The standard InChI is InChI=1S/C15H20FN3/c1-3-6-17-10-15-18-7-8-19(15)11-13-9-14(16)5-4-12(13)2/h4-5,7-9,17H,3,6,10-11H2,1-2H3. The number of hydrogen-bond acceptors (Lipinski definition) is 2. The van der Waals surface area contributed by atoms with Gasteiger partial charge >= 0.3 is 0 Å². The van der Waals surface area contributed by atoms with Crippen molar-refractivity contribution >= 4 is 0 Å². The average Bonchev–Trinajstić information content (AvgIpc) is 2.82. The van der Waals surface area contributed by atoms with Crippen LogP contribution < -0.4 is 5.32 Å². The summed E-state index contributed by atoms with van der Waals surface area (Å²) in [7, 11) is 0. The number of benzene rings is 1. The maximum atomic E-state index is 13.3. The van der Waals surface area contributed by atoms with Gasteiger partial charge in [-0.1, -0.05) is 13.0 Å². The van der Waals surface area contributed by atoms with E-state index in [0.717, 1.165) is 36.5 Å². The van der Waals surface area contributed by atoms with E-state index in [1.54, 1.807) is 12.3 Å². The van der Waals surface area contributed by atoms with Gasteiger partial charge in [-0.3, -0.25) is 0 Å². The van der Waals surface area contributed by atoms with Crippen LogP contribution in [0.3, 0.4) is 0 Å². The number of aromatic nitrogens is 2. The van der Waals surface area contributed by atoms with E-state index >= 15 is 0 Å². The highest BCUT2D eigenvalue weighted by Crippen LogP contribution is 2.13. The molecule has 1 heterocycles. The summed E-state index contributed by atoms with van der Waals surface area (Å²) in [6.07, 6.45) is 4.83. The van der Waals surface area contributed by atoms with Crippen LogP contribution in [0, 0.1) is 12.7 Å². The summed E-state index contributed by atoms with van der Waals surface area (Å²) in [5, 5.41) is 3.33. The molecule has 19 heavy (non-hydrogen) atoms. The molecule has 0 unspecified atom stereocenters. The van der Waals surface area contributed by atoms with Gasteiger partial charge in [0.05, 0.1) is 6.54 Å². The molecule has 102 valence electrons. The van der Waals surface area contributed by atoms with E-state index in [2.05, 4.69) is 21.8 Å². The molecule has 0 spiro atoms. The highest BCUT2D eigenvalue weighted by molar-refractivity contribution is 5.27. The van der Waals surface area contributed by atoms with Crippen molar-refractivity contribution in [3.63, 3.8) is 0 Å². The first-order valence-corrected chi connectivity index (χ1v) is 6.66. The number of aryl methyl sites for hydroxylation is 1. The predicted octanol–water partition coefficient (Wildman–Crippen LogP) is 2.88. The smallest absolute Gasteiger partial charge is 0.123 e. The molecule has 1 aromatic heterocycles. The van der Waals surface area contributed by atoms with Gasteiger partial charge in [0.15, 0.2) is 0 Å². The van der Waals surface area contributed by atoms with Gasteiger partial charge in [0, 0.05) is 18.9 Å². The molecule has 1 aromatic carbocycles. The Morgan fingerprint density at radius 1 is 1.37 bits per heavy atom. The lowest BCUT2D eigenvalue weighted by atomic mass is 10.1. The normalized spacial score (nSPS) is 10.9. The largest absolute Gasteiger partial charge is 0.329 e. The fraction of sp³-hybridized carbons (Fsp3) is 0.400. The van der Waals surface area contributed by atoms with Crippen LogP contribution in [0.25, 0.3) is 0 Å². The number of nitrogens with one attached hydrogen (secondary N) is 1. The van der Waals surface area contributed by atoms with Gasteiger partial charge in [-0.05, 0) is 43.1 Å². The Morgan fingerprint density at radius 2 is 2.21 bits per heavy atom. The Balaban J connectivity index is 2.10. The quantitative estimate of drug-likeness (QED) is 0.810. The first-order chi connectivity index (χ1) is 9.20. The topological polar surface area (TPSA) is 29.9 Å². The van der Waals surface area contributed by atoms with E-state index in [4.69, 9.17) is 0 Å². The van der Waals surface area contributed by atoms with Crippen molar-refractivity contribution in [2.45, 2.75) is 33.4 Å². The zero-order valence-corrected chi connectivity index (χ0v) is 11.5. The average molecular weight is 261 g/mol. The van der Waals surface area contributed by atoms with Crippen LogP contribution in [0.1, 0.15) is 30.3 Å². The van der Waals surface area contributed by atoms with Crippen LogP contribution in [0.4, 0.5) is 4.39 Å². The first kappa shape index (κ1) is 13.7. The molecule has 0 amide bonds. The SMILES string of the molecule is CCCNCc1nccn1Cc1cc(F)ccc1C. The summed E-state index contributed by atoms with van der Waals surface area (Å²) in [6.45, 7) is 6.52. The summed E-state index contributed by atoms with van der Waals surface area (Å²) in [6, 6.07) is 4.91. The van der Waals surface area contributed by atoms with Crippen molar-refractivity contribution in [1.29, 1.82) is 0 Å². The van der Waals surface area contributed by atoms with E-state index < -0.39 is 0 Å². The molecule has 2 aromatic rings. The number of hydrogen-bond donors (Lipinski definition) is 1. The first-order valence-electron chi connectivity index (χ1n) is 6.66. The molecule has 0 aliphatic carbocycles. The molecule has 0 bridgehead atoms. The second kappa shape index (κ2) is 6.48. The third kappa shape index (κ3) is 3.64. The lowest BCUT2D eigenvalue weighted by Crippen LogP contribution is -2.18. The van der Waals surface area contributed by atoms with Crippen LogP contribution in [0.2, 0.25) is 0 Å². The zero-order chi connectivity index (χ0) is 13.7. The van der Waals surface area contributed by atoms with Crippen LogP contribution >= 0.6 is 0 Å². The van der Waals surface area contributed by atoms with Gasteiger partial charge in [-0.25, -0.2) is 9.37 Å². The fourth-order valence-corrected chi connectivity index (χ4v) is 2.02. The van der Waals surface area contributed by atoms with Crippen molar-refractivity contribution in [1.82, 2.24) is 14.9 Å². The van der Waals surface area contributed by atoms with Crippen molar-refractivity contribution in [3.05, 3.63) is 53.4 Å². The molecule has 0 aliphatic rings. The van der Waals surface area contributed by atoms with E-state index in [-0.39, 0.29) is 5.82 Å². The van der Waals surface area contributed by atoms with Gasteiger partial charge in [0.25, 0.3) is 0 Å². The third-order valence-corrected chi connectivity index (χ3v) is 3.16. The summed E-state index contributed by atoms with van der Waals surface area (Å²) >= 11 is 0. The third-order valence-electron chi connectivity index (χ3n) is 3.16. The Labute approximate surface area is 113 Å². The van der Waals surface area contributed by atoms with Crippen molar-refractivity contribution < 1.29 is 4.39 Å². The summed E-state index contributed by atoms with van der Waals surface area (Å²) in [4.78, 5) is 4.34. The number of nitrogens with zero attached hydrogens (tertiary/aromatic N) is 2. The van der Waals surface area contributed by atoms with E-state index in [1.165, 1.54) is 6.07 Å². The van der Waals surface area contributed by atoms with Crippen LogP contribution in [0.5, 0.6) is 0 Å². The molecule has 0 saturated heterocycles. The van der Waals surface area contributed by atoms with Crippen LogP contribution in [-0.4, -0.2) is 16.1 Å². The molecule has 3 nitrogen and oxygen atoms in total. The van der Waals surface area contributed by atoms with Gasteiger partial charge in [-0.2, -0.15) is 0 Å². The predicted molar refractivity (Wildman–Crippen MR) is 74.5 cm³/mol. The molecular weight excluding hydrogens is 241 g/mol. The monoisotopic (exact) mass is 261 g/mol. The second-order valence-electron chi connectivity index (χ2n) is 4.72. The van der Waals surface area contributed by atoms with Gasteiger partial charge in [0.2, 0.25) is 0 Å².